The maximum atomic E-state index is 11.4. The van der Waals surface area contributed by atoms with Gasteiger partial charge in [0, 0.05) is 18.8 Å². The summed E-state index contributed by atoms with van der Waals surface area (Å²) in [5.41, 5.74) is 3.54. The van der Waals surface area contributed by atoms with Crippen LogP contribution in [0.5, 0.6) is 0 Å². The van der Waals surface area contributed by atoms with Crippen LogP contribution in [-0.4, -0.2) is 29.2 Å². The zero-order valence-corrected chi connectivity index (χ0v) is 12.6. The lowest BCUT2D eigenvalue weighted by atomic mass is 10.0. The van der Waals surface area contributed by atoms with Gasteiger partial charge in [0.25, 0.3) is 6.02 Å². The van der Waals surface area contributed by atoms with Gasteiger partial charge in [-0.2, -0.15) is 4.99 Å². The monoisotopic (exact) mass is 295 g/mol. The van der Waals surface area contributed by atoms with Gasteiger partial charge in [0.1, 0.15) is 0 Å². The Hall–Kier alpha value is -2.69. The summed E-state index contributed by atoms with van der Waals surface area (Å²) >= 11 is 0. The number of hydrogen-bond acceptors (Lipinski definition) is 5. The third kappa shape index (κ3) is 2.70. The number of carbonyl (C=O) groups excluding carboxylic acids is 1. The number of benzene rings is 1. The molecule has 0 N–H and O–H groups in total. The molecule has 1 unspecified atom stereocenters. The first-order chi connectivity index (χ1) is 10.7. The van der Waals surface area contributed by atoms with E-state index in [-0.39, 0.29) is 0 Å². The Bertz CT molecular complexity index is 713. The zero-order chi connectivity index (χ0) is 15.5. The third-order valence-corrected chi connectivity index (χ3v) is 3.61. The van der Waals surface area contributed by atoms with Crippen molar-refractivity contribution in [3.8, 4) is 0 Å². The van der Waals surface area contributed by atoms with Crippen molar-refractivity contribution in [1.29, 1.82) is 0 Å². The van der Waals surface area contributed by atoms with E-state index >= 15 is 0 Å². The summed E-state index contributed by atoms with van der Waals surface area (Å²) < 4.78 is 5.76. The number of aromatic nitrogens is 1. The fraction of sp³-hybridized carbons (Fsp3) is 0.235. The van der Waals surface area contributed by atoms with Crippen molar-refractivity contribution in [3.05, 3.63) is 59.4 Å². The van der Waals surface area contributed by atoms with Gasteiger partial charge in [-0.05, 0) is 30.7 Å². The SMILES string of the molecule is Cc1cccc2c1C(C=O)OC(N(C)Cc1ccccn1)=N2. The minimum atomic E-state index is -0.616. The number of ether oxygens (including phenoxy) is 1. The summed E-state index contributed by atoms with van der Waals surface area (Å²) in [5, 5.41) is 0. The average Bonchev–Trinajstić information content (AvgIpc) is 2.55. The molecule has 1 aromatic heterocycles. The van der Waals surface area contributed by atoms with Gasteiger partial charge in [0.15, 0.2) is 12.4 Å². The van der Waals surface area contributed by atoms with Crippen LogP contribution >= 0.6 is 0 Å². The molecule has 22 heavy (non-hydrogen) atoms. The van der Waals surface area contributed by atoms with Crippen LogP contribution in [0.2, 0.25) is 0 Å². The zero-order valence-electron chi connectivity index (χ0n) is 12.6. The molecule has 2 heterocycles. The van der Waals surface area contributed by atoms with Crippen molar-refractivity contribution < 1.29 is 9.53 Å². The fourth-order valence-corrected chi connectivity index (χ4v) is 2.51. The highest BCUT2D eigenvalue weighted by Crippen LogP contribution is 2.34. The van der Waals surface area contributed by atoms with Crippen LogP contribution in [-0.2, 0) is 16.1 Å². The number of aliphatic imine (C=N–C) groups is 1. The number of aldehydes is 1. The second-order valence-electron chi connectivity index (χ2n) is 5.25. The van der Waals surface area contributed by atoms with E-state index in [9.17, 15) is 4.79 Å². The highest BCUT2D eigenvalue weighted by molar-refractivity contribution is 5.84. The Balaban J connectivity index is 1.90. The molecular weight excluding hydrogens is 278 g/mol. The van der Waals surface area contributed by atoms with Crippen molar-refractivity contribution in [2.24, 2.45) is 4.99 Å². The van der Waals surface area contributed by atoms with E-state index in [2.05, 4.69) is 9.98 Å². The number of carbonyl (C=O) groups is 1. The Morgan fingerprint density at radius 3 is 2.86 bits per heavy atom. The summed E-state index contributed by atoms with van der Waals surface area (Å²) in [5.74, 6) is 0. The molecule has 0 radical (unpaired) electrons. The number of rotatable bonds is 3. The molecular formula is C17H17N3O2. The van der Waals surface area contributed by atoms with E-state index < -0.39 is 6.10 Å². The van der Waals surface area contributed by atoms with Crippen molar-refractivity contribution in [1.82, 2.24) is 9.88 Å². The second kappa shape index (κ2) is 5.97. The number of aryl methyl sites for hydroxylation is 1. The predicted octanol–water partition coefficient (Wildman–Crippen LogP) is 2.78. The van der Waals surface area contributed by atoms with Gasteiger partial charge in [0.05, 0.1) is 17.9 Å². The largest absolute Gasteiger partial charge is 0.449 e. The Morgan fingerprint density at radius 1 is 1.27 bits per heavy atom. The highest BCUT2D eigenvalue weighted by Gasteiger charge is 2.27. The van der Waals surface area contributed by atoms with Crippen molar-refractivity contribution in [3.63, 3.8) is 0 Å². The van der Waals surface area contributed by atoms with E-state index in [0.717, 1.165) is 28.8 Å². The number of pyridine rings is 1. The first-order valence-electron chi connectivity index (χ1n) is 7.10. The second-order valence-corrected chi connectivity index (χ2v) is 5.25. The Morgan fingerprint density at radius 2 is 2.14 bits per heavy atom. The molecule has 0 bridgehead atoms. The highest BCUT2D eigenvalue weighted by atomic mass is 16.5. The van der Waals surface area contributed by atoms with Crippen LogP contribution in [0, 0.1) is 6.92 Å². The lowest BCUT2D eigenvalue weighted by Crippen LogP contribution is -2.32. The molecule has 0 saturated heterocycles. The quantitative estimate of drug-likeness (QED) is 0.817. The van der Waals surface area contributed by atoms with Crippen LogP contribution < -0.4 is 0 Å². The van der Waals surface area contributed by atoms with Gasteiger partial charge in [-0.15, -0.1) is 0 Å². The normalized spacial score (nSPS) is 16.3. The minimum Gasteiger partial charge on any atom is -0.449 e. The predicted molar refractivity (Wildman–Crippen MR) is 83.9 cm³/mol. The number of hydrogen-bond donors (Lipinski definition) is 0. The molecule has 0 spiro atoms. The molecule has 3 rings (SSSR count). The van der Waals surface area contributed by atoms with E-state index in [0.29, 0.717) is 12.6 Å². The maximum absolute atomic E-state index is 11.4. The number of amidine groups is 1. The molecule has 5 heteroatoms. The summed E-state index contributed by atoms with van der Waals surface area (Å²) in [6.45, 7) is 2.52. The fourth-order valence-electron chi connectivity index (χ4n) is 2.51. The smallest absolute Gasteiger partial charge is 0.293 e. The van der Waals surface area contributed by atoms with E-state index in [1.807, 2.05) is 55.3 Å². The van der Waals surface area contributed by atoms with Crippen LogP contribution in [0.1, 0.15) is 22.9 Å². The van der Waals surface area contributed by atoms with Gasteiger partial charge in [-0.1, -0.05) is 18.2 Å². The molecule has 1 aliphatic rings. The minimum absolute atomic E-state index is 0.431. The lowest BCUT2D eigenvalue weighted by molar-refractivity contribution is -0.114. The molecule has 0 amide bonds. The molecule has 0 fully saturated rings. The molecule has 1 aliphatic heterocycles. The first-order valence-corrected chi connectivity index (χ1v) is 7.10. The number of fused-ring (bicyclic) bond motifs is 1. The van der Waals surface area contributed by atoms with E-state index in [4.69, 9.17) is 4.74 Å². The molecule has 1 atom stereocenters. The van der Waals surface area contributed by atoms with Gasteiger partial charge in [-0.3, -0.25) is 9.78 Å². The molecule has 5 nitrogen and oxygen atoms in total. The third-order valence-electron chi connectivity index (χ3n) is 3.61. The van der Waals surface area contributed by atoms with Gasteiger partial charge < -0.3 is 9.64 Å². The van der Waals surface area contributed by atoms with Crippen molar-refractivity contribution >= 4 is 18.0 Å². The summed E-state index contributed by atoms with van der Waals surface area (Å²) in [6.07, 6.45) is 1.95. The van der Waals surface area contributed by atoms with Gasteiger partial charge in [-0.25, -0.2) is 0 Å². The molecule has 2 aromatic rings. The van der Waals surface area contributed by atoms with Gasteiger partial charge in [0.2, 0.25) is 0 Å². The first kappa shape index (κ1) is 14.3. The lowest BCUT2D eigenvalue weighted by Gasteiger charge is -2.28. The van der Waals surface area contributed by atoms with Crippen molar-refractivity contribution in [2.75, 3.05) is 7.05 Å². The summed E-state index contributed by atoms with van der Waals surface area (Å²) in [7, 11) is 1.87. The summed E-state index contributed by atoms with van der Waals surface area (Å²) in [4.78, 5) is 22.1. The maximum Gasteiger partial charge on any atom is 0.293 e. The number of nitrogens with zero attached hydrogens (tertiary/aromatic N) is 3. The Labute approximate surface area is 129 Å². The standard InChI is InChI=1S/C17H17N3O2/c1-12-6-5-8-14-16(12)15(11-21)22-17(19-14)20(2)10-13-7-3-4-9-18-13/h3-9,11,15H,10H2,1-2H3. The average molecular weight is 295 g/mol. The van der Waals surface area contributed by atoms with Gasteiger partial charge >= 0.3 is 0 Å². The van der Waals surface area contributed by atoms with E-state index in [1.54, 1.807) is 6.20 Å². The van der Waals surface area contributed by atoms with Crippen molar-refractivity contribution in [2.45, 2.75) is 19.6 Å². The van der Waals surface area contributed by atoms with Crippen LogP contribution in [0.25, 0.3) is 0 Å². The topological polar surface area (TPSA) is 54.8 Å². The molecule has 0 saturated carbocycles. The van der Waals surface area contributed by atoms with Crippen LogP contribution in [0.15, 0.2) is 47.6 Å². The molecule has 1 aromatic carbocycles. The van der Waals surface area contributed by atoms with E-state index in [1.165, 1.54) is 0 Å². The molecule has 112 valence electrons. The summed E-state index contributed by atoms with van der Waals surface area (Å²) in [6, 6.07) is 12.0. The Kier molecular flexibility index (Phi) is 3.87. The van der Waals surface area contributed by atoms with Crippen LogP contribution in [0.4, 0.5) is 5.69 Å². The molecule has 0 aliphatic carbocycles. The van der Waals surface area contributed by atoms with Crippen LogP contribution in [0.3, 0.4) is 0 Å².